The summed E-state index contributed by atoms with van der Waals surface area (Å²) in [6.07, 6.45) is 4.65. The van der Waals surface area contributed by atoms with Crippen molar-refractivity contribution >= 4 is 5.91 Å². The molecule has 0 saturated carbocycles. The van der Waals surface area contributed by atoms with Crippen LogP contribution in [0.4, 0.5) is 0 Å². The van der Waals surface area contributed by atoms with Crippen LogP contribution in [-0.2, 0) is 23.4 Å². The van der Waals surface area contributed by atoms with E-state index in [1.165, 1.54) is 5.56 Å². The van der Waals surface area contributed by atoms with E-state index in [-0.39, 0.29) is 16.9 Å². The van der Waals surface area contributed by atoms with E-state index in [0.717, 1.165) is 11.5 Å². The first-order chi connectivity index (χ1) is 11.1. The summed E-state index contributed by atoms with van der Waals surface area (Å²) in [5, 5.41) is 4.85. The van der Waals surface area contributed by atoms with Gasteiger partial charge in [0.05, 0.1) is 24.3 Å². The number of rotatable bonds is 2. The number of aromatic nitrogens is 3. The highest BCUT2D eigenvalue weighted by molar-refractivity contribution is 5.77. The lowest BCUT2D eigenvalue weighted by atomic mass is 9.92. The van der Waals surface area contributed by atoms with Crippen LogP contribution in [-0.4, -0.2) is 25.2 Å². The highest BCUT2D eigenvalue weighted by atomic mass is 16.2. The van der Waals surface area contributed by atoms with Gasteiger partial charge in [-0.3, -0.25) is 4.79 Å². The molecule has 0 fully saturated rings. The van der Waals surface area contributed by atoms with E-state index in [1.54, 1.807) is 0 Å². The standard InChI is InChI=1S/C19H28N4O/c1-18(2,3)11-16(24)22-12-14-15(13-22)20-23(19(4,5)6)17(14)21-9-7-8-10-21/h7-10H,11-13H2,1-6H3. The van der Waals surface area contributed by atoms with Gasteiger partial charge in [-0.25, -0.2) is 4.68 Å². The van der Waals surface area contributed by atoms with Gasteiger partial charge in [0.2, 0.25) is 5.91 Å². The smallest absolute Gasteiger partial charge is 0.223 e. The Morgan fingerprint density at radius 2 is 1.71 bits per heavy atom. The van der Waals surface area contributed by atoms with Crippen molar-refractivity contribution in [3.05, 3.63) is 35.8 Å². The summed E-state index contributed by atoms with van der Waals surface area (Å²) in [6, 6.07) is 4.04. The average Bonchev–Trinajstić information content (AvgIpc) is 3.09. The quantitative estimate of drug-likeness (QED) is 0.843. The van der Waals surface area contributed by atoms with Gasteiger partial charge in [-0.05, 0) is 38.3 Å². The number of hydrogen-bond acceptors (Lipinski definition) is 2. The maximum atomic E-state index is 12.6. The molecule has 3 heterocycles. The second-order valence-electron chi connectivity index (χ2n) is 8.91. The molecule has 0 aliphatic carbocycles. The molecule has 0 unspecified atom stereocenters. The van der Waals surface area contributed by atoms with Gasteiger partial charge in [-0.15, -0.1) is 0 Å². The molecule has 0 spiro atoms. The fraction of sp³-hybridized carbons (Fsp3) is 0.579. The van der Waals surface area contributed by atoms with E-state index in [9.17, 15) is 4.79 Å². The van der Waals surface area contributed by atoms with Crippen molar-refractivity contribution in [2.24, 2.45) is 5.41 Å². The first kappa shape index (κ1) is 16.8. The third-order valence-electron chi connectivity index (χ3n) is 4.25. The molecule has 3 rings (SSSR count). The molecule has 0 saturated heterocycles. The van der Waals surface area contributed by atoms with Crippen LogP contribution in [0.2, 0.25) is 0 Å². The molecule has 1 aliphatic rings. The van der Waals surface area contributed by atoms with Crippen LogP contribution >= 0.6 is 0 Å². The van der Waals surface area contributed by atoms with Gasteiger partial charge in [0.15, 0.2) is 0 Å². The fourth-order valence-corrected chi connectivity index (χ4v) is 3.15. The number of carbonyl (C=O) groups is 1. The van der Waals surface area contributed by atoms with Gasteiger partial charge in [-0.1, -0.05) is 20.8 Å². The monoisotopic (exact) mass is 328 g/mol. The zero-order chi connectivity index (χ0) is 17.7. The summed E-state index contributed by atoms with van der Waals surface area (Å²) in [5.41, 5.74) is 2.09. The number of amides is 1. The lowest BCUT2D eigenvalue weighted by Crippen LogP contribution is -2.31. The molecule has 2 aromatic heterocycles. The minimum absolute atomic E-state index is 0.00563. The number of nitrogens with zero attached hydrogens (tertiary/aromatic N) is 4. The largest absolute Gasteiger partial charge is 0.332 e. The van der Waals surface area contributed by atoms with Crippen molar-refractivity contribution in [1.82, 2.24) is 19.2 Å². The first-order valence-corrected chi connectivity index (χ1v) is 8.59. The second-order valence-corrected chi connectivity index (χ2v) is 8.91. The van der Waals surface area contributed by atoms with Crippen molar-refractivity contribution in [1.29, 1.82) is 0 Å². The lowest BCUT2D eigenvalue weighted by Gasteiger charge is -2.26. The molecule has 5 heteroatoms. The predicted molar refractivity (Wildman–Crippen MR) is 94.9 cm³/mol. The zero-order valence-electron chi connectivity index (χ0n) is 15.6. The SMILES string of the molecule is CC(C)(C)CC(=O)N1Cc2nn(C(C)(C)C)c(-n3cccc3)c2C1. The highest BCUT2D eigenvalue weighted by Gasteiger charge is 2.34. The van der Waals surface area contributed by atoms with Crippen LogP contribution in [0, 0.1) is 5.41 Å². The predicted octanol–water partition coefficient (Wildman–Crippen LogP) is 3.71. The van der Waals surface area contributed by atoms with Crippen molar-refractivity contribution in [2.45, 2.75) is 66.6 Å². The van der Waals surface area contributed by atoms with Crippen LogP contribution in [0.3, 0.4) is 0 Å². The topological polar surface area (TPSA) is 43.1 Å². The Morgan fingerprint density at radius 3 is 2.25 bits per heavy atom. The molecular formula is C19H28N4O. The molecule has 130 valence electrons. The van der Waals surface area contributed by atoms with Crippen LogP contribution in [0.1, 0.15) is 59.2 Å². The Balaban J connectivity index is 1.95. The van der Waals surface area contributed by atoms with E-state index >= 15 is 0 Å². The summed E-state index contributed by atoms with van der Waals surface area (Å²) < 4.78 is 4.19. The van der Waals surface area contributed by atoms with E-state index in [2.05, 4.69) is 50.8 Å². The van der Waals surface area contributed by atoms with Crippen molar-refractivity contribution in [3.63, 3.8) is 0 Å². The Bertz CT molecular complexity index is 742. The summed E-state index contributed by atoms with van der Waals surface area (Å²) in [4.78, 5) is 14.5. The molecule has 0 N–H and O–H groups in total. The number of carbonyl (C=O) groups excluding carboxylic acids is 1. The third kappa shape index (κ3) is 3.12. The third-order valence-corrected chi connectivity index (χ3v) is 4.25. The number of fused-ring (bicyclic) bond motifs is 1. The van der Waals surface area contributed by atoms with Gasteiger partial charge in [0.1, 0.15) is 5.82 Å². The molecule has 5 nitrogen and oxygen atoms in total. The summed E-state index contributed by atoms with van der Waals surface area (Å²) in [6.45, 7) is 14.0. The normalized spacial score (nSPS) is 15.0. The van der Waals surface area contributed by atoms with Crippen LogP contribution in [0.15, 0.2) is 24.5 Å². The summed E-state index contributed by atoms with van der Waals surface area (Å²) >= 11 is 0. The van der Waals surface area contributed by atoms with Gasteiger partial charge in [0, 0.05) is 24.4 Å². The van der Waals surface area contributed by atoms with Gasteiger partial charge in [0.25, 0.3) is 0 Å². The van der Waals surface area contributed by atoms with Gasteiger partial charge in [-0.2, -0.15) is 5.10 Å². The van der Waals surface area contributed by atoms with Gasteiger partial charge < -0.3 is 9.47 Å². The maximum Gasteiger partial charge on any atom is 0.223 e. The van der Waals surface area contributed by atoms with Crippen molar-refractivity contribution < 1.29 is 4.79 Å². The Morgan fingerprint density at radius 1 is 1.08 bits per heavy atom. The van der Waals surface area contributed by atoms with E-state index < -0.39 is 0 Å². The summed E-state index contributed by atoms with van der Waals surface area (Å²) in [7, 11) is 0. The molecular weight excluding hydrogens is 300 g/mol. The lowest BCUT2D eigenvalue weighted by molar-refractivity contribution is -0.133. The minimum Gasteiger partial charge on any atom is -0.332 e. The molecule has 24 heavy (non-hydrogen) atoms. The van der Waals surface area contributed by atoms with Crippen molar-refractivity contribution in [3.8, 4) is 5.82 Å². The highest BCUT2D eigenvalue weighted by Crippen LogP contribution is 2.33. The van der Waals surface area contributed by atoms with E-state index in [0.29, 0.717) is 19.5 Å². The minimum atomic E-state index is -0.107. The Hall–Kier alpha value is -2.04. The molecule has 0 atom stereocenters. The van der Waals surface area contributed by atoms with E-state index in [4.69, 9.17) is 5.10 Å². The first-order valence-electron chi connectivity index (χ1n) is 8.59. The number of hydrogen-bond donors (Lipinski definition) is 0. The van der Waals surface area contributed by atoms with Crippen LogP contribution < -0.4 is 0 Å². The molecule has 0 radical (unpaired) electrons. The Kier molecular flexibility index (Phi) is 3.85. The fourth-order valence-electron chi connectivity index (χ4n) is 3.15. The van der Waals surface area contributed by atoms with Crippen LogP contribution in [0.25, 0.3) is 5.82 Å². The second kappa shape index (κ2) is 5.50. The molecule has 1 amide bonds. The average molecular weight is 328 g/mol. The molecule has 0 bridgehead atoms. The molecule has 0 aromatic carbocycles. The summed E-state index contributed by atoms with van der Waals surface area (Å²) in [5.74, 6) is 1.29. The molecule has 1 aliphatic heterocycles. The maximum absolute atomic E-state index is 12.6. The molecule has 2 aromatic rings. The Labute approximate surface area is 144 Å². The van der Waals surface area contributed by atoms with Crippen molar-refractivity contribution in [2.75, 3.05) is 0 Å². The van der Waals surface area contributed by atoms with E-state index in [1.807, 2.05) is 29.4 Å². The zero-order valence-corrected chi connectivity index (χ0v) is 15.6. The van der Waals surface area contributed by atoms with Gasteiger partial charge >= 0.3 is 0 Å². The van der Waals surface area contributed by atoms with Crippen LogP contribution in [0.5, 0.6) is 0 Å².